The Kier molecular flexibility index (Phi) is 4.17. The number of aromatic amines is 1. The lowest BCUT2D eigenvalue weighted by Gasteiger charge is -2.26. The van der Waals surface area contributed by atoms with Gasteiger partial charge in [0.2, 0.25) is 0 Å². The first-order chi connectivity index (χ1) is 15.6. The van der Waals surface area contributed by atoms with Crippen LogP contribution in [0, 0.1) is 18.6 Å². The van der Waals surface area contributed by atoms with E-state index in [9.17, 15) is 8.78 Å². The van der Waals surface area contributed by atoms with Crippen LogP contribution in [0.25, 0.3) is 28.1 Å². The van der Waals surface area contributed by atoms with E-state index in [0.29, 0.717) is 29.4 Å². The molecule has 1 saturated heterocycles. The van der Waals surface area contributed by atoms with Crippen molar-refractivity contribution in [1.29, 1.82) is 0 Å². The molecule has 9 heteroatoms. The Morgan fingerprint density at radius 1 is 1.09 bits per heavy atom. The van der Waals surface area contributed by atoms with Gasteiger partial charge < -0.3 is 9.88 Å². The predicted molar refractivity (Wildman–Crippen MR) is 116 cm³/mol. The fraction of sp³-hybridized carbons (Fsp3) is 0.217. The van der Waals surface area contributed by atoms with Gasteiger partial charge in [-0.05, 0) is 49.6 Å². The summed E-state index contributed by atoms with van der Waals surface area (Å²) in [7, 11) is 0. The maximum atomic E-state index is 14.5. The second-order valence-corrected chi connectivity index (χ2v) is 8.07. The number of hydrogen-bond donors (Lipinski definition) is 1. The number of halogens is 2. The second-order valence-electron chi connectivity index (χ2n) is 8.07. The minimum Gasteiger partial charge on any atom is -0.349 e. The van der Waals surface area contributed by atoms with Gasteiger partial charge in [-0.25, -0.2) is 23.3 Å². The lowest BCUT2D eigenvalue weighted by molar-refractivity contribution is 0.560. The minimum atomic E-state index is -0.440. The van der Waals surface area contributed by atoms with Gasteiger partial charge in [0.25, 0.3) is 0 Å². The Balaban J connectivity index is 1.44. The van der Waals surface area contributed by atoms with Crippen LogP contribution in [0.2, 0.25) is 0 Å². The predicted octanol–water partition coefficient (Wildman–Crippen LogP) is 4.60. The molecule has 0 radical (unpaired) electrons. The van der Waals surface area contributed by atoms with E-state index in [1.165, 1.54) is 12.1 Å². The number of imidazole rings is 1. The molecule has 1 aromatic carbocycles. The lowest BCUT2D eigenvalue weighted by Crippen LogP contribution is -2.24. The molecule has 0 amide bonds. The summed E-state index contributed by atoms with van der Waals surface area (Å²) in [5, 5.41) is 4.41. The number of nitrogens with one attached hydrogen (secondary N) is 1. The zero-order chi connectivity index (χ0) is 21.8. The van der Waals surface area contributed by atoms with Crippen molar-refractivity contribution in [3.63, 3.8) is 0 Å². The zero-order valence-electron chi connectivity index (χ0n) is 17.3. The number of rotatable bonds is 3. The van der Waals surface area contributed by atoms with Crippen LogP contribution in [0.4, 0.5) is 14.6 Å². The third kappa shape index (κ3) is 2.92. The molecule has 0 unspecified atom stereocenters. The van der Waals surface area contributed by atoms with E-state index in [1.54, 1.807) is 23.1 Å². The van der Waals surface area contributed by atoms with Gasteiger partial charge in [-0.15, -0.1) is 0 Å². The number of nitrogens with zero attached hydrogens (tertiary/aromatic N) is 6. The summed E-state index contributed by atoms with van der Waals surface area (Å²) >= 11 is 0. The van der Waals surface area contributed by atoms with Crippen molar-refractivity contribution in [3.8, 4) is 11.4 Å². The maximum Gasteiger partial charge on any atom is 0.168 e. The molecule has 6 rings (SSSR count). The highest BCUT2D eigenvalue weighted by Gasteiger charge is 2.30. The zero-order valence-corrected chi connectivity index (χ0v) is 17.3. The van der Waals surface area contributed by atoms with Crippen LogP contribution in [0.1, 0.15) is 30.0 Å². The molecule has 1 fully saturated rings. The van der Waals surface area contributed by atoms with Gasteiger partial charge in [0, 0.05) is 24.5 Å². The normalized spacial score (nSPS) is 16.5. The van der Waals surface area contributed by atoms with Gasteiger partial charge in [0.1, 0.15) is 28.8 Å². The van der Waals surface area contributed by atoms with Crippen LogP contribution >= 0.6 is 0 Å². The standard InChI is InChI=1S/C23H19F2N7/c1-13-10-26-12-18-21(13)30-22(28-18)16-11-27-32-8-6-20(29-23(16)32)31-7-2-3-19(31)15-9-14(24)4-5-17(15)25/h4-6,8-12,19H,2-3,7H2,1H3,(H,28,30)/t19-/m1/s1. The Bertz CT molecular complexity index is 1470. The van der Waals surface area contributed by atoms with E-state index in [4.69, 9.17) is 4.98 Å². The van der Waals surface area contributed by atoms with Crippen LogP contribution in [-0.4, -0.2) is 36.1 Å². The number of aryl methyl sites for hydroxylation is 1. The molecular weight excluding hydrogens is 412 g/mol. The molecule has 0 saturated carbocycles. The van der Waals surface area contributed by atoms with E-state index in [-0.39, 0.29) is 6.04 Å². The number of H-pyrrole nitrogens is 1. The third-order valence-corrected chi connectivity index (χ3v) is 6.06. The Morgan fingerprint density at radius 2 is 2.00 bits per heavy atom. The van der Waals surface area contributed by atoms with Crippen molar-refractivity contribution in [2.45, 2.75) is 25.8 Å². The minimum absolute atomic E-state index is 0.271. The van der Waals surface area contributed by atoms with E-state index in [1.807, 2.05) is 24.1 Å². The van der Waals surface area contributed by atoms with E-state index >= 15 is 0 Å². The molecule has 0 bridgehead atoms. The highest BCUT2D eigenvalue weighted by molar-refractivity contribution is 5.84. The molecular formula is C23H19F2N7. The summed E-state index contributed by atoms with van der Waals surface area (Å²) in [6.45, 7) is 2.69. The van der Waals surface area contributed by atoms with Gasteiger partial charge >= 0.3 is 0 Å². The lowest BCUT2D eigenvalue weighted by atomic mass is 10.0. The average molecular weight is 431 g/mol. The Hall–Kier alpha value is -3.88. The first kappa shape index (κ1) is 18.9. The van der Waals surface area contributed by atoms with Gasteiger partial charge in [-0.1, -0.05) is 0 Å². The van der Waals surface area contributed by atoms with E-state index in [0.717, 1.165) is 41.1 Å². The quantitative estimate of drug-likeness (QED) is 0.452. The summed E-state index contributed by atoms with van der Waals surface area (Å²) in [5.74, 6) is 0.509. The highest BCUT2D eigenvalue weighted by Crippen LogP contribution is 2.37. The van der Waals surface area contributed by atoms with Crippen molar-refractivity contribution >= 4 is 22.5 Å². The number of hydrogen-bond acceptors (Lipinski definition) is 5. The largest absolute Gasteiger partial charge is 0.349 e. The summed E-state index contributed by atoms with van der Waals surface area (Å²) in [6.07, 6.45) is 8.66. The van der Waals surface area contributed by atoms with Crippen molar-refractivity contribution in [2.75, 3.05) is 11.4 Å². The number of benzene rings is 1. The van der Waals surface area contributed by atoms with Crippen LogP contribution in [0.3, 0.4) is 0 Å². The van der Waals surface area contributed by atoms with Crippen LogP contribution in [-0.2, 0) is 0 Å². The third-order valence-electron chi connectivity index (χ3n) is 6.06. The van der Waals surface area contributed by atoms with E-state index in [2.05, 4.69) is 20.1 Å². The van der Waals surface area contributed by atoms with Gasteiger partial charge in [-0.2, -0.15) is 5.10 Å². The summed E-state index contributed by atoms with van der Waals surface area (Å²) in [4.78, 5) is 19.1. The average Bonchev–Trinajstić information content (AvgIpc) is 3.52. The van der Waals surface area contributed by atoms with Crippen LogP contribution < -0.4 is 4.90 Å². The number of pyridine rings is 1. The Labute approximate surface area is 181 Å². The highest BCUT2D eigenvalue weighted by atomic mass is 19.1. The van der Waals surface area contributed by atoms with Crippen molar-refractivity contribution in [3.05, 3.63) is 71.8 Å². The van der Waals surface area contributed by atoms with E-state index < -0.39 is 11.6 Å². The smallest absolute Gasteiger partial charge is 0.168 e. The summed E-state index contributed by atoms with van der Waals surface area (Å²) in [5.41, 5.74) is 4.46. The molecule has 4 aromatic heterocycles. The fourth-order valence-electron chi connectivity index (χ4n) is 4.51. The SMILES string of the molecule is Cc1cncc2nc(-c3cnn4ccc(N5CCC[C@@H]5c5cc(F)ccc5F)nc34)[nH]c12. The first-order valence-corrected chi connectivity index (χ1v) is 10.4. The topological polar surface area (TPSA) is 75.0 Å². The summed E-state index contributed by atoms with van der Waals surface area (Å²) < 4.78 is 30.0. The molecule has 1 aliphatic heterocycles. The summed E-state index contributed by atoms with van der Waals surface area (Å²) in [6, 6.07) is 5.20. The Morgan fingerprint density at radius 3 is 2.88 bits per heavy atom. The van der Waals surface area contributed by atoms with Crippen molar-refractivity contribution in [1.82, 2.24) is 29.5 Å². The molecule has 7 nitrogen and oxygen atoms in total. The maximum absolute atomic E-state index is 14.5. The number of aromatic nitrogens is 6. The van der Waals surface area contributed by atoms with Gasteiger partial charge in [0.05, 0.1) is 29.5 Å². The van der Waals surface area contributed by atoms with Crippen molar-refractivity contribution in [2.24, 2.45) is 0 Å². The molecule has 1 atom stereocenters. The monoisotopic (exact) mass is 431 g/mol. The molecule has 5 heterocycles. The van der Waals surface area contributed by atoms with Gasteiger partial charge in [0.15, 0.2) is 5.65 Å². The number of fused-ring (bicyclic) bond motifs is 2. The first-order valence-electron chi connectivity index (χ1n) is 10.4. The van der Waals surface area contributed by atoms with Crippen LogP contribution in [0.5, 0.6) is 0 Å². The molecule has 1 N–H and O–H groups in total. The molecule has 0 spiro atoms. The molecule has 32 heavy (non-hydrogen) atoms. The van der Waals surface area contributed by atoms with Crippen molar-refractivity contribution < 1.29 is 8.78 Å². The second kappa shape index (κ2) is 7.08. The number of anilines is 1. The molecule has 0 aliphatic carbocycles. The molecule has 5 aromatic rings. The van der Waals surface area contributed by atoms with Gasteiger partial charge in [-0.3, -0.25) is 4.98 Å². The van der Waals surface area contributed by atoms with Crippen LogP contribution in [0.15, 0.2) is 49.1 Å². The fourth-order valence-corrected chi connectivity index (χ4v) is 4.51. The molecule has 160 valence electrons. The molecule has 1 aliphatic rings.